The molecule has 6 nitrogen and oxygen atoms in total. The summed E-state index contributed by atoms with van der Waals surface area (Å²) in [7, 11) is 1.58. The van der Waals surface area contributed by atoms with Gasteiger partial charge in [0.05, 0.1) is 11.0 Å². The minimum Gasteiger partial charge on any atom is -0.491 e. The van der Waals surface area contributed by atoms with Crippen molar-refractivity contribution in [1.82, 2.24) is 0 Å². The Bertz CT molecular complexity index is 807. The zero-order valence-corrected chi connectivity index (χ0v) is 14.3. The topological polar surface area (TPSA) is 73.6 Å². The Morgan fingerprint density at radius 2 is 1.65 bits per heavy atom. The van der Waals surface area contributed by atoms with Crippen LogP contribution in [-0.4, -0.2) is 24.4 Å². The van der Waals surface area contributed by atoms with Gasteiger partial charge < -0.3 is 14.8 Å². The van der Waals surface area contributed by atoms with Crippen LogP contribution in [0.3, 0.4) is 0 Å². The van der Waals surface area contributed by atoms with E-state index in [9.17, 15) is 23.3 Å². The summed E-state index contributed by atoms with van der Waals surface area (Å²) in [6.07, 6.45) is -5.14. The number of ether oxygens (including phenoxy) is 2. The number of benzene rings is 2. The van der Waals surface area contributed by atoms with Gasteiger partial charge >= 0.3 is 6.36 Å². The second-order valence-corrected chi connectivity index (χ2v) is 5.68. The van der Waals surface area contributed by atoms with Crippen molar-refractivity contribution in [3.05, 3.63) is 46.5 Å². The Morgan fingerprint density at radius 3 is 2.19 bits per heavy atom. The van der Waals surface area contributed by atoms with E-state index in [0.717, 1.165) is 12.1 Å². The predicted octanol–water partition coefficient (Wildman–Crippen LogP) is 4.99. The third-order valence-corrected chi connectivity index (χ3v) is 3.24. The van der Waals surface area contributed by atoms with Gasteiger partial charge in [-0.2, -0.15) is 0 Å². The Morgan fingerprint density at radius 1 is 1.04 bits per heavy atom. The molecular weight excluding hydrogens is 353 g/mol. The molecule has 0 saturated heterocycles. The summed E-state index contributed by atoms with van der Waals surface area (Å²) in [5.41, 5.74) is 0.898. The van der Waals surface area contributed by atoms with Gasteiger partial charge in [-0.25, -0.2) is 0 Å². The Hall–Kier alpha value is -2.97. The van der Waals surface area contributed by atoms with E-state index in [0.29, 0.717) is 16.8 Å². The highest BCUT2D eigenvalue weighted by molar-refractivity contribution is 5.74. The SMILES string of the molecule is CNc1cc(-c2cc(OC(C)C)cc(OC(F)(F)F)c2)cc([N+](=O)[O-])c1. The van der Waals surface area contributed by atoms with Gasteiger partial charge in [0.15, 0.2) is 0 Å². The molecule has 0 amide bonds. The van der Waals surface area contributed by atoms with Crippen molar-refractivity contribution < 1.29 is 27.6 Å². The number of alkyl halides is 3. The van der Waals surface area contributed by atoms with E-state index in [4.69, 9.17) is 4.74 Å². The van der Waals surface area contributed by atoms with Crippen LogP contribution in [0.4, 0.5) is 24.5 Å². The molecule has 0 fully saturated rings. The minimum atomic E-state index is -4.87. The van der Waals surface area contributed by atoms with Crippen molar-refractivity contribution in [3.8, 4) is 22.6 Å². The highest BCUT2D eigenvalue weighted by atomic mass is 19.4. The number of nitro groups is 1. The molecule has 1 N–H and O–H groups in total. The zero-order chi connectivity index (χ0) is 19.5. The summed E-state index contributed by atoms with van der Waals surface area (Å²) in [5, 5.41) is 13.9. The van der Waals surface area contributed by atoms with Gasteiger partial charge in [-0.05, 0) is 43.2 Å². The third kappa shape index (κ3) is 5.27. The molecule has 9 heteroatoms. The smallest absolute Gasteiger partial charge is 0.491 e. The van der Waals surface area contributed by atoms with Crippen LogP contribution in [0.5, 0.6) is 11.5 Å². The standard InChI is InChI=1S/C17H17F3N2O4/c1-10(2)25-15-6-12(7-16(9-15)26-17(18,19)20)11-4-13(21-3)8-14(5-11)22(23)24/h4-10,21H,1-3H3. The first-order valence-corrected chi connectivity index (χ1v) is 7.62. The lowest BCUT2D eigenvalue weighted by Crippen LogP contribution is -2.17. The van der Waals surface area contributed by atoms with E-state index >= 15 is 0 Å². The van der Waals surface area contributed by atoms with Crippen LogP contribution < -0.4 is 14.8 Å². The molecule has 0 saturated carbocycles. The second-order valence-electron chi connectivity index (χ2n) is 5.68. The fourth-order valence-corrected chi connectivity index (χ4v) is 2.30. The third-order valence-electron chi connectivity index (χ3n) is 3.24. The van der Waals surface area contributed by atoms with Crippen molar-refractivity contribution in [2.24, 2.45) is 0 Å². The summed E-state index contributed by atoms with van der Waals surface area (Å²) >= 11 is 0. The minimum absolute atomic E-state index is 0.161. The molecule has 0 aliphatic carbocycles. The molecule has 0 heterocycles. The molecule has 0 bridgehead atoms. The van der Waals surface area contributed by atoms with Gasteiger partial charge in [-0.1, -0.05) is 0 Å². The number of halogens is 3. The molecule has 0 unspecified atom stereocenters. The molecule has 0 aliphatic heterocycles. The van der Waals surface area contributed by atoms with E-state index < -0.39 is 17.0 Å². The quantitative estimate of drug-likeness (QED) is 0.573. The van der Waals surface area contributed by atoms with Crippen molar-refractivity contribution in [2.45, 2.75) is 26.3 Å². The Kier molecular flexibility index (Phi) is 5.59. The van der Waals surface area contributed by atoms with Gasteiger partial charge in [0.1, 0.15) is 11.5 Å². The highest BCUT2D eigenvalue weighted by Gasteiger charge is 2.31. The van der Waals surface area contributed by atoms with Crippen LogP contribution in [0.2, 0.25) is 0 Å². The number of non-ortho nitro benzene ring substituents is 1. The van der Waals surface area contributed by atoms with Crippen molar-refractivity contribution in [2.75, 3.05) is 12.4 Å². The fraction of sp³-hybridized carbons (Fsp3) is 0.294. The maximum atomic E-state index is 12.6. The average molecular weight is 370 g/mol. The average Bonchev–Trinajstić information content (AvgIpc) is 2.51. The van der Waals surface area contributed by atoms with Crippen molar-refractivity contribution in [3.63, 3.8) is 0 Å². The van der Waals surface area contributed by atoms with Gasteiger partial charge in [0, 0.05) is 30.9 Å². The lowest BCUT2D eigenvalue weighted by Gasteiger charge is -2.15. The summed E-state index contributed by atoms with van der Waals surface area (Å²) in [4.78, 5) is 10.5. The number of hydrogen-bond donors (Lipinski definition) is 1. The summed E-state index contributed by atoms with van der Waals surface area (Å²) in [6, 6.07) is 7.95. The van der Waals surface area contributed by atoms with Crippen LogP contribution in [-0.2, 0) is 0 Å². The molecule has 0 atom stereocenters. The van der Waals surface area contributed by atoms with E-state index in [1.165, 1.54) is 18.2 Å². The summed E-state index contributed by atoms with van der Waals surface area (Å²) in [5.74, 6) is -0.308. The molecule has 0 spiro atoms. The maximum absolute atomic E-state index is 12.6. The molecule has 0 aliphatic rings. The summed E-state index contributed by atoms with van der Waals surface area (Å²) < 4.78 is 47.2. The van der Waals surface area contributed by atoms with E-state index in [1.54, 1.807) is 27.0 Å². The van der Waals surface area contributed by atoms with Gasteiger partial charge in [0.25, 0.3) is 5.69 Å². The number of nitro benzene ring substituents is 1. The number of hydrogen-bond acceptors (Lipinski definition) is 5. The maximum Gasteiger partial charge on any atom is 0.573 e. The number of nitrogens with one attached hydrogen (secondary N) is 1. The fourth-order valence-electron chi connectivity index (χ4n) is 2.30. The molecule has 2 aromatic carbocycles. The van der Waals surface area contributed by atoms with E-state index in [1.807, 2.05) is 0 Å². The molecule has 140 valence electrons. The molecule has 0 radical (unpaired) electrons. The van der Waals surface area contributed by atoms with Crippen LogP contribution in [0.25, 0.3) is 11.1 Å². The monoisotopic (exact) mass is 370 g/mol. The molecule has 0 aromatic heterocycles. The number of rotatable bonds is 6. The van der Waals surface area contributed by atoms with Crippen molar-refractivity contribution in [1.29, 1.82) is 0 Å². The predicted molar refractivity (Wildman–Crippen MR) is 90.5 cm³/mol. The van der Waals surface area contributed by atoms with E-state index in [2.05, 4.69) is 10.1 Å². The normalized spacial score (nSPS) is 11.3. The number of anilines is 1. The van der Waals surface area contributed by atoms with Crippen LogP contribution in [0.15, 0.2) is 36.4 Å². The van der Waals surface area contributed by atoms with Crippen molar-refractivity contribution >= 4 is 11.4 Å². The molecule has 2 aromatic rings. The van der Waals surface area contributed by atoms with Crippen LogP contribution in [0.1, 0.15) is 13.8 Å². The van der Waals surface area contributed by atoms with Gasteiger partial charge in [-0.15, -0.1) is 13.2 Å². The van der Waals surface area contributed by atoms with Gasteiger partial charge in [0.2, 0.25) is 0 Å². The lowest BCUT2D eigenvalue weighted by molar-refractivity contribution is -0.384. The first kappa shape index (κ1) is 19.4. The van der Waals surface area contributed by atoms with Crippen LogP contribution >= 0.6 is 0 Å². The van der Waals surface area contributed by atoms with Gasteiger partial charge in [-0.3, -0.25) is 10.1 Å². The lowest BCUT2D eigenvalue weighted by atomic mass is 10.0. The highest BCUT2D eigenvalue weighted by Crippen LogP contribution is 2.35. The molecule has 26 heavy (non-hydrogen) atoms. The number of nitrogens with zero attached hydrogens (tertiary/aromatic N) is 1. The van der Waals surface area contributed by atoms with Crippen LogP contribution in [0, 0.1) is 10.1 Å². The summed E-state index contributed by atoms with van der Waals surface area (Å²) in [6.45, 7) is 3.45. The second kappa shape index (κ2) is 7.51. The van der Waals surface area contributed by atoms with E-state index in [-0.39, 0.29) is 17.5 Å². The molecule has 2 rings (SSSR count). The Balaban J connectivity index is 2.58. The Labute approximate surface area is 147 Å². The first-order valence-electron chi connectivity index (χ1n) is 7.62. The zero-order valence-electron chi connectivity index (χ0n) is 14.3. The first-order chi connectivity index (χ1) is 12.1. The largest absolute Gasteiger partial charge is 0.573 e. The molecular formula is C17H17F3N2O4.